The van der Waals surface area contributed by atoms with Crippen molar-refractivity contribution in [3.05, 3.63) is 71.8 Å². The maximum atomic E-state index is 12.2. The molecule has 0 aliphatic rings. The first-order valence-corrected chi connectivity index (χ1v) is 8.84. The Morgan fingerprint density at radius 2 is 1.52 bits per heavy atom. The molecule has 0 aromatic heterocycles. The number of carbonyl (C=O) groups is 1. The summed E-state index contributed by atoms with van der Waals surface area (Å²) in [5, 5.41) is 8.90. The summed E-state index contributed by atoms with van der Waals surface area (Å²) in [5.74, 6) is -0.207. The van der Waals surface area contributed by atoms with Crippen LogP contribution < -0.4 is 0 Å². The Morgan fingerprint density at radius 1 is 0.880 bits per heavy atom. The summed E-state index contributed by atoms with van der Waals surface area (Å²) in [4.78, 5) is 14.3. The van der Waals surface area contributed by atoms with Crippen LogP contribution in [0.3, 0.4) is 0 Å². The lowest BCUT2D eigenvalue weighted by molar-refractivity contribution is -0.146. The molecule has 0 saturated heterocycles. The molecule has 0 spiro atoms. The van der Waals surface area contributed by atoms with Crippen LogP contribution in [0, 0.1) is 0 Å². The molecule has 1 N–H and O–H groups in total. The maximum Gasteiger partial charge on any atom is 0.320 e. The number of benzene rings is 2. The number of ether oxygens (including phenoxy) is 1. The van der Waals surface area contributed by atoms with E-state index in [9.17, 15) is 4.79 Å². The molecule has 2 aromatic carbocycles. The smallest absolute Gasteiger partial charge is 0.320 e. The van der Waals surface area contributed by atoms with Gasteiger partial charge in [-0.3, -0.25) is 9.69 Å². The van der Waals surface area contributed by atoms with Crippen molar-refractivity contribution in [3.63, 3.8) is 0 Å². The number of aliphatic hydroxyl groups excluding tert-OH is 1. The quantitative estimate of drug-likeness (QED) is 0.503. The van der Waals surface area contributed by atoms with Gasteiger partial charge in [-0.05, 0) is 36.9 Å². The van der Waals surface area contributed by atoms with Crippen molar-refractivity contribution < 1.29 is 14.6 Å². The highest BCUT2D eigenvalue weighted by Gasteiger charge is 2.12. The number of hydrogen-bond acceptors (Lipinski definition) is 4. The summed E-state index contributed by atoms with van der Waals surface area (Å²) < 4.78 is 5.40. The van der Waals surface area contributed by atoms with E-state index in [1.54, 1.807) is 0 Å². The Kier molecular flexibility index (Phi) is 8.73. The van der Waals surface area contributed by atoms with E-state index >= 15 is 0 Å². The molecule has 4 heteroatoms. The van der Waals surface area contributed by atoms with Gasteiger partial charge in [-0.15, -0.1) is 0 Å². The van der Waals surface area contributed by atoms with Crippen LogP contribution in [0.1, 0.15) is 30.4 Å². The molecule has 134 valence electrons. The van der Waals surface area contributed by atoms with Crippen LogP contribution in [0.25, 0.3) is 0 Å². The minimum Gasteiger partial charge on any atom is -0.460 e. The van der Waals surface area contributed by atoms with Gasteiger partial charge >= 0.3 is 5.97 Å². The number of esters is 1. The second-order valence-corrected chi connectivity index (χ2v) is 6.13. The van der Waals surface area contributed by atoms with Crippen LogP contribution in [0.15, 0.2) is 60.7 Å². The third kappa shape index (κ3) is 7.96. The van der Waals surface area contributed by atoms with Crippen molar-refractivity contribution in [2.75, 3.05) is 19.7 Å². The SMILES string of the molecule is O=C(CN(CCCCCO)Cc1ccccc1)OCc1ccccc1. The highest BCUT2D eigenvalue weighted by Crippen LogP contribution is 2.08. The van der Waals surface area contributed by atoms with E-state index in [0.717, 1.165) is 37.9 Å². The van der Waals surface area contributed by atoms with E-state index in [4.69, 9.17) is 9.84 Å². The van der Waals surface area contributed by atoms with Gasteiger partial charge in [0.25, 0.3) is 0 Å². The zero-order valence-corrected chi connectivity index (χ0v) is 14.6. The molecular formula is C21H27NO3. The summed E-state index contributed by atoms with van der Waals surface area (Å²) in [6.45, 7) is 2.34. The first kappa shape index (κ1) is 19.2. The van der Waals surface area contributed by atoms with E-state index in [1.165, 1.54) is 5.56 Å². The van der Waals surface area contributed by atoms with Gasteiger partial charge in [0.05, 0.1) is 6.54 Å². The van der Waals surface area contributed by atoms with Crippen molar-refractivity contribution in [3.8, 4) is 0 Å². The average molecular weight is 341 g/mol. The normalized spacial score (nSPS) is 10.8. The minimum atomic E-state index is -0.207. The Morgan fingerprint density at radius 3 is 2.16 bits per heavy atom. The lowest BCUT2D eigenvalue weighted by atomic mass is 10.2. The molecule has 2 aromatic rings. The van der Waals surface area contributed by atoms with Crippen LogP contribution in [0.5, 0.6) is 0 Å². The molecule has 0 amide bonds. The minimum absolute atomic E-state index is 0.207. The topological polar surface area (TPSA) is 49.8 Å². The molecule has 0 aliphatic carbocycles. The predicted octanol–water partition coefficient (Wildman–Crippen LogP) is 3.39. The Balaban J connectivity index is 1.83. The molecule has 0 saturated carbocycles. The molecule has 4 nitrogen and oxygen atoms in total. The number of nitrogens with zero attached hydrogens (tertiary/aromatic N) is 1. The second-order valence-electron chi connectivity index (χ2n) is 6.13. The number of aliphatic hydroxyl groups is 1. The lowest BCUT2D eigenvalue weighted by Crippen LogP contribution is -2.31. The Labute approximate surface area is 150 Å². The number of hydrogen-bond donors (Lipinski definition) is 1. The van der Waals surface area contributed by atoms with Gasteiger partial charge in [-0.1, -0.05) is 60.7 Å². The molecule has 0 heterocycles. The lowest BCUT2D eigenvalue weighted by Gasteiger charge is -2.21. The average Bonchev–Trinajstić information content (AvgIpc) is 2.65. The highest BCUT2D eigenvalue weighted by atomic mass is 16.5. The Hall–Kier alpha value is -2.17. The maximum absolute atomic E-state index is 12.2. The van der Waals surface area contributed by atoms with Crippen LogP contribution >= 0.6 is 0 Å². The number of unbranched alkanes of at least 4 members (excludes halogenated alkanes) is 2. The molecule has 0 atom stereocenters. The van der Waals surface area contributed by atoms with Gasteiger partial charge in [-0.25, -0.2) is 0 Å². The standard InChI is InChI=1S/C21H27NO3/c23-15-9-3-8-14-22(16-19-10-4-1-5-11-19)17-21(24)25-18-20-12-6-2-7-13-20/h1-2,4-7,10-13,23H,3,8-9,14-18H2. The molecule has 0 unspecified atom stereocenters. The van der Waals surface area contributed by atoms with E-state index in [-0.39, 0.29) is 19.1 Å². The highest BCUT2D eigenvalue weighted by molar-refractivity contribution is 5.71. The molecule has 0 radical (unpaired) electrons. The summed E-state index contributed by atoms with van der Waals surface area (Å²) in [7, 11) is 0. The fourth-order valence-electron chi connectivity index (χ4n) is 2.65. The molecular weight excluding hydrogens is 314 g/mol. The van der Waals surface area contributed by atoms with Crippen molar-refractivity contribution in [1.29, 1.82) is 0 Å². The monoisotopic (exact) mass is 341 g/mol. The van der Waals surface area contributed by atoms with Gasteiger partial charge in [0, 0.05) is 13.2 Å². The van der Waals surface area contributed by atoms with Gasteiger partial charge in [0.15, 0.2) is 0 Å². The van der Waals surface area contributed by atoms with E-state index in [0.29, 0.717) is 6.61 Å². The predicted molar refractivity (Wildman–Crippen MR) is 98.9 cm³/mol. The molecule has 2 rings (SSSR count). The first-order chi connectivity index (χ1) is 12.3. The largest absolute Gasteiger partial charge is 0.460 e. The van der Waals surface area contributed by atoms with Crippen LogP contribution in [-0.4, -0.2) is 35.7 Å². The fourth-order valence-corrected chi connectivity index (χ4v) is 2.65. The van der Waals surface area contributed by atoms with Crippen LogP contribution in [0.2, 0.25) is 0 Å². The van der Waals surface area contributed by atoms with Crippen molar-refractivity contribution in [2.24, 2.45) is 0 Å². The third-order valence-corrected chi connectivity index (χ3v) is 3.98. The van der Waals surface area contributed by atoms with Crippen molar-refractivity contribution >= 4 is 5.97 Å². The fraction of sp³-hybridized carbons (Fsp3) is 0.381. The van der Waals surface area contributed by atoms with Gasteiger partial charge in [0.1, 0.15) is 6.61 Å². The molecule has 0 fully saturated rings. The second kappa shape index (κ2) is 11.4. The number of rotatable bonds is 11. The molecule has 0 bridgehead atoms. The zero-order valence-electron chi connectivity index (χ0n) is 14.6. The van der Waals surface area contributed by atoms with Crippen LogP contribution in [-0.2, 0) is 22.7 Å². The summed E-state index contributed by atoms with van der Waals surface area (Å²) in [6, 6.07) is 19.8. The molecule has 0 aliphatic heterocycles. The van der Waals surface area contributed by atoms with E-state index in [1.807, 2.05) is 48.5 Å². The van der Waals surface area contributed by atoms with Crippen molar-refractivity contribution in [2.45, 2.75) is 32.4 Å². The third-order valence-electron chi connectivity index (χ3n) is 3.98. The van der Waals surface area contributed by atoms with Gasteiger partial charge in [0.2, 0.25) is 0 Å². The summed E-state index contributed by atoms with van der Waals surface area (Å²) in [5.41, 5.74) is 2.17. The first-order valence-electron chi connectivity index (χ1n) is 8.84. The summed E-state index contributed by atoms with van der Waals surface area (Å²) in [6.07, 6.45) is 2.72. The summed E-state index contributed by atoms with van der Waals surface area (Å²) >= 11 is 0. The van der Waals surface area contributed by atoms with Crippen molar-refractivity contribution in [1.82, 2.24) is 4.90 Å². The van der Waals surface area contributed by atoms with E-state index < -0.39 is 0 Å². The van der Waals surface area contributed by atoms with Gasteiger partial charge < -0.3 is 9.84 Å². The zero-order chi connectivity index (χ0) is 17.7. The Bertz CT molecular complexity index is 601. The molecule has 25 heavy (non-hydrogen) atoms. The number of carbonyl (C=O) groups excluding carboxylic acids is 1. The van der Waals surface area contributed by atoms with Gasteiger partial charge in [-0.2, -0.15) is 0 Å². The van der Waals surface area contributed by atoms with Crippen LogP contribution in [0.4, 0.5) is 0 Å². The van der Waals surface area contributed by atoms with E-state index in [2.05, 4.69) is 17.0 Å².